The second-order valence-electron chi connectivity index (χ2n) is 3.53. The minimum atomic E-state index is -1.11. The highest BCUT2D eigenvalue weighted by Gasteiger charge is 2.19. The van der Waals surface area contributed by atoms with Crippen LogP contribution in [-0.4, -0.2) is 16.2 Å². The standard InChI is InChI=1S/C11H8Cl2N2O3/c1-5-9(11(16)17)10(18-15-5)14-6-2-3-7(12)8(13)4-6/h2-4,14H,1H3,(H,16,17). The molecule has 0 atom stereocenters. The lowest BCUT2D eigenvalue weighted by atomic mass is 10.2. The normalized spacial score (nSPS) is 10.4. The molecule has 2 rings (SSSR count). The number of nitrogens with zero attached hydrogens (tertiary/aromatic N) is 1. The lowest BCUT2D eigenvalue weighted by Crippen LogP contribution is -2.01. The second kappa shape index (κ2) is 4.88. The van der Waals surface area contributed by atoms with Crippen LogP contribution in [0.4, 0.5) is 11.6 Å². The number of aryl methyl sites for hydroxylation is 1. The smallest absolute Gasteiger partial charge is 0.343 e. The van der Waals surface area contributed by atoms with E-state index in [-0.39, 0.29) is 11.4 Å². The summed E-state index contributed by atoms with van der Waals surface area (Å²) in [6.07, 6.45) is 0. The number of hydrogen-bond donors (Lipinski definition) is 2. The van der Waals surface area contributed by atoms with Crippen molar-refractivity contribution in [2.24, 2.45) is 0 Å². The molecule has 7 heteroatoms. The Morgan fingerprint density at radius 3 is 2.72 bits per heavy atom. The highest BCUT2D eigenvalue weighted by Crippen LogP contribution is 2.28. The largest absolute Gasteiger partial charge is 0.477 e. The highest BCUT2D eigenvalue weighted by atomic mass is 35.5. The van der Waals surface area contributed by atoms with Crippen molar-refractivity contribution in [2.75, 3.05) is 5.32 Å². The molecule has 0 saturated carbocycles. The number of hydrogen-bond acceptors (Lipinski definition) is 4. The van der Waals surface area contributed by atoms with E-state index >= 15 is 0 Å². The number of benzene rings is 1. The van der Waals surface area contributed by atoms with Crippen LogP contribution < -0.4 is 5.32 Å². The summed E-state index contributed by atoms with van der Waals surface area (Å²) in [7, 11) is 0. The van der Waals surface area contributed by atoms with Crippen LogP contribution in [-0.2, 0) is 0 Å². The van der Waals surface area contributed by atoms with Crippen LogP contribution in [0.2, 0.25) is 10.0 Å². The molecule has 0 spiro atoms. The Kier molecular flexibility index (Phi) is 3.45. The zero-order chi connectivity index (χ0) is 13.3. The van der Waals surface area contributed by atoms with Gasteiger partial charge in [-0.1, -0.05) is 28.4 Å². The number of rotatable bonds is 3. The molecule has 94 valence electrons. The van der Waals surface area contributed by atoms with E-state index in [9.17, 15) is 4.79 Å². The highest BCUT2D eigenvalue weighted by molar-refractivity contribution is 6.42. The van der Waals surface area contributed by atoms with Crippen LogP contribution in [0.5, 0.6) is 0 Å². The molecule has 0 saturated heterocycles. The van der Waals surface area contributed by atoms with Crippen molar-refractivity contribution in [3.63, 3.8) is 0 Å². The van der Waals surface area contributed by atoms with E-state index in [0.717, 1.165) is 0 Å². The summed E-state index contributed by atoms with van der Waals surface area (Å²) in [5.41, 5.74) is 0.842. The number of carbonyl (C=O) groups is 1. The predicted octanol–water partition coefficient (Wildman–Crippen LogP) is 3.73. The van der Waals surface area contributed by atoms with E-state index in [4.69, 9.17) is 32.8 Å². The van der Waals surface area contributed by atoms with Crippen LogP contribution in [0, 0.1) is 6.92 Å². The third-order valence-corrected chi connectivity index (χ3v) is 2.99. The van der Waals surface area contributed by atoms with Gasteiger partial charge in [0.15, 0.2) is 0 Å². The van der Waals surface area contributed by atoms with E-state index in [0.29, 0.717) is 21.4 Å². The Hall–Kier alpha value is -1.72. The molecular weight excluding hydrogens is 279 g/mol. The summed E-state index contributed by atoms with van der Waals surface area (Å²) in [5.74, 6) is -1.06. The van der Waals surface area contributed by atoms with E-state index in [1.807, 2.05) is 0 Å². The summed E-state index contributed by atoms with van der Waals surface area (Å²) in [6.45, 7) is 1.55. The molecule has 1 aromatic carbocycles. The minimum Gasteiger partial charge on any atom is -0.477 e. The Morgan fingerprint density at radius 2 is 2.11 bits per heavy atom. The number of carboxylic acid groups (broad SMARTS) is 1. The maximum Gasteiger partial charge on any atom is 0.343 e. The van der Waals surface area contributed by atoms with Crippen LogP contribution in [0.15, 0.2) is 22.7 Å². The van der Waals surface area contributed by atoms with Crippen molar-refractivity contribution in [3.05, 3.63) is 39.5 Å². The molecule has 5 nitrogen and oxygen atoms in total. The van der Waals surface area contributed by atoms with Gasteiger partial charge in [0, 0.05) is 5.69 Å². The molecule has 0 amide bonds. The first-order valence-corrected chi connectivity index (χ1v) is 5.66. The van der Waals surface area contributed by atoms with Gasteiger partial charge in [-0.05, 0) is 25.1 Å². The maximum atomic E-state index is 11.0. The van der Waals surface area contributed by atoms with Crippen molar-refractivity contribution >= 4 is 40.7 Å². The number of aromatic carboxylic acids is 1. The molecule has 0 radical (unpaired) electrons. The zero-order valence-electron chi connectivity index (χ0n) is 9.20. The van der Waals surface area contributed by atoms with Crippen LogP contribution in [0.1, 0.15) is 16.1 Å². The first-order valence-electron chi connectivity index (χ1n) is 4.90. The number of aromatic nitrogens is 1. The van der Waals surface area contributed by atoms with Gasteiger partial charge in [-0.15, -0.1) is 0 Å². The zero-order valence-corrected chi connectivity index (χ0v) is 10.7. The fourth-order valence-electron chi connectivity index (χ4n) is 1.41. The van der Waals surface area contributed by atoms with Gasteiger partial charge in [0.2, 0.25) is 5.88 Å². The van der Waals surface area contributed by atoms with E-state index < -0.39 is 5.97 Å². The van der Waals surface area contributed by atoms with Crippen LogP contribution >= 0.6 is 23.2 Å². The minimum absolute atomic E-state index is 0.0129. The van der Waals surface area contributed by atoms with E-state index in [2.05, 4.69) is 10.5 Å². The maximum absolute atomic E-state index is 11.0. The van der Waals surface area contributed by atoms with E-state index in [1.54, 1.807) is 25.1 Å². The molecule has 0 aliphatic carbocycles. The monoisotopic (exact) mass is 286 g/mol. The van der Waals surface area contributed by atoms with Crippen molar-refractivity contribution < 1.29 is 14.4 Å². The molecule has 0 unspecified atom stereocenters. The molecule has 0 fully saturated rings. The van der Waals surface area contributed by atoms with Crippen molar-refractivity contribution in [2.45, 2.75) is 6.92 Å². The quantitative estimate of drug-likeness (QED) is 0.899. The summed E-state index contributed by atoms with van der Waals surface area (Å²) in [4.78, 5) is 11.0. The van der Waals surface area contributed by atoms with Gasteiger partial charge in [-0.3, -0.25) is 0 Å². The molecule has 0 aliphatic heterocycles. The Morgan fingerprint density at radius 1 is 1.39 bits per heavy atom. The fraction of sp³-hybridized carbons (Fsp3) is 0.0909. The molecule has 1 heterocycles. The van der Waals surface area contributed by atoms with Gasteiger partial charge >= 0.3 is 5.97 Å². The lowest BCUT2D eigenvalue weighted by molar-refractivity contribution is 0.0697. The van der Waals surface area contributed by atoms with Gasteiger partial charge in [0.05, 0.1) is 15.7 Å². The summed E-state index contributed by atoms with van der Waals surface area (Å²) < 4.78 is 4.91. The molecule has 0 bridgehead atoms. The second-order valence-corrected chi connectivity index (χ2v) is 4.35. The molecule has 2 N–H and O–H groups in total. The van der Waals surface area contributed by atoms with Crippen LogP contribution in [0.3, 0.4) is 0 Å². The average molecular weight is 287 g/mol. The predicted molar refractivity (Wildman–Crippen MR) is 67.9 cm³/mol. The summed E-state index contributed by atoms with van der Waals surface area (Å²) in [5, 5.41) is 16.2. The number of nitrogens with one attached hydrogen (secondary N) is 1. The molecule has 1 aromatic heterocycles. The Labute approximate surface area is 112 Å². The van der Waals surface area contributed by atoms with Crippen molar-refractivity contribution in [1.82, 2.24) is 5.16 Å². The topological polar surface area (TPSA) is 75.4 Å². The fourth-order valence-corrected chi connectivity index (χ4v) is 1.71. The Bertz CT molecular complexity index is 610. The third-order valence-electron chi connectivity index (χ3n) is 2.25. The summed E-state index contributed by atoms with van der Waals surface area (Å²) in [6, 6.07) is 4.81. The number of carboxylic acids is 1. The van der Waals surface area contributed by atoms with Gasteiger partial charge < -0.3 is 14.9 Å². The molecule has 18 heavy (non-hydrogen) atoms. The summed E-state index contributed by atoms with van der Waals surface area (Å²) >= 11 is 11.6. The van der Waals surface area contributed by atoms with Crippen LogP contribution in [0.25, 0.3) is 0 Å². The lowest BCUT2D eigenvalue weighted by Gasteiger charge is -2.04. The SMILES string of the molecule is Cc1noc(Nc2ccc(Cl)c(Cl)c2)c1C(=O)O. The van der Waals surface area contributed by atoms with Crippen molar-refractivity contribution in [3.8, 4) is 0 Å². The molecule has 2 aromatic rings. The van der Waals surface area contributed by atoms with Crippen molar-refractivity contribution in [1.29, 1.82) is 0 Å². The number of anilines is 2. The molecule has 0 aliphatic rings. The molecular formula is C11H8Cl2N2O3. The number of halogens is 2. The van der Waals surface area contributed by atoms with Gasteiger partial charge in [0.1, 0.15) is 5.56 Å². The average Bonchev–Trinajstić information content (AvgIpc) is 2.65. The first-order chi connectivity index (χ1) is 8.49. The Balaban J connectivity index is 2.34. The van der Waals surface area contributed by atoms with Gasteiger partial charge in [-0.25, -0.2) is 4.79 Å². The van der Waals surface area contributed by atoms with E-state index in [1.165, 1.54) is 0 Å². The first kappa shape index (κ1) is 12.7. The van der Waals surface area contributed by atoms with Gasteiger partial charge in [0.25, 0.3) is 0 Å². The van der Waals surface area contributed by atoms with Gasteiger partial charge in [-0.2, -0.15) is 0 Å². The third kappa shape index (κ3) is 2.42.